The highest BCUT2D eigenvalue weighted by molar-refractivity contribution is 5.89. The fourth-order valence-corrected chi connectivity index (χ4v) is 7.16. The van der Waals surface area contributed by atoms with Crippen molar-refractivity contribution in [3.63, 3.8) is 0 Å². The minimum atomic E-state index is -0.623. The SMILES string of the molecule is COC(=O)[C@]12Cn3c(c(C)c4ccccc43)[C@H]1N1CCCC[C@@H]1[C@H]2c1ccc(OC)cc1. The molecule has 0 N–H and O–H groups in total. The van der Waals surface area contributed by atoms with Crippen LogP contribution in [0.2, 0.25) is 0 Å². The minimum absolute atomic E-state index is 0.0414. The third-order valence-electron chi connectivity index (χ3n) is 8.34. The topological polar surface area (TPSA) is 43.7 Å². The van der Waals surface area contributed by atoms with Crippen molar-refractivity contribution in [2.45, 2.75) is 50.7 Å². The van der Waals surface area contributed by atoms with Gasteiger partial charge in [0.05, 0.1) is 20.3 Å². The molecular weight excluding hydrogens is 400 g/mol. The number of carbonyl (C=O) groups excluding carboxylic acids is 1. The number of benzene rings is 2. The third-order valence-corrected chi connectivity index (χ3v) is 8.34. The lowest BCUT2D eigenvalue weighted by Gasteiger charge is -2.35. The molecular formula is C27H30N2O3. The summed E-state index contributed by atoms with van der Waals surface area (Å²) in [4.78, 5) is 16.4. The van der Waals surface area contributed by atoms with Crippen LogP contribution >= 0.6 is 0 Å². The lowest BCUT2D eigenvalue weighted by Crippen LogP contribution is -2.40. The number of carbonyl (C=O) groups is 1. The van der Waals surface area contributed by atoms with E-state index in [1.54, 1.807) is 14.2 Å². The van der Waals surface area contributed by atoms with E-state index in [-0.39, 0.29) is 17.9 Å². The van der Waals surface area contributed by atoms with Crippen LogP contribution in [0.1, 0.15) is 48.0 Å². The van der Waals surface area contributed by atoms with Gasteiger partial charge in [0.2, 0.25) is 0 Å². The number of para-hydroxylation sites is 1. The number of hydrogen-bond acceptors (Lipinski definition) is 4. The van der Waals surface area contributed by atoms with Crippen molar-refractivity contribution in [3.05, 3.63) is 65.4 Å². The van der Waals surface area contributed by atoms with Crippen LogP contribution in [-0.2, 0) is 16.1 Å². The molecule has 3 aliphatic rings. The summed E-state index contributed by atoms with van der Waals surface area (Å²) in [5.41, 5.74) is 4.42. The Morgan fingerprint density at radius 1 is 1.06 bits per heavy atom. The molecule has 0 amide bonds. The molecule has 4 heterocycles. The number of piperidine rings is 1. The second-order valence-corrected chi connectivity index (χ2v) is 9.60. The van der Waals surface area contributed by atoms with Gasteiger partial charge in [-0.3, -0.25) is 9.69 Å². The molecule has 0 unspecified atom stereocenters. The summed E-state index contributed by atoms with van der Waals surface area (Å²) in [5, 5.41) is 1.29. The molecule has 0 radical (unpaired) electrons. The summed E-state index contributed by atoms with van der Waals surface area (Å²) in [6, 6.07) is 17.3. The third kappa shape index (κ3) is 2.40. The zero-order chi connectivity index (χ0) is 22.0. The Bertz CT molecular complexity index is 1200. The Balaban J connectivity index is 1.60. The van der Waals surface area contributed by atoms with Crippen LogP contribution in [0.5, 0.6) is 5.75 Å². The summed E-state index contributed by atoms with van der Waals surface area (Å²) in [5.74, 6) is 0.851. The van der Waals surface area contributed by atoms with Crippen LogP contribution in [0, 0.1) is 12.3 Å². The van der Waals surface area contributed by atoms with Crippen molar-refractivity contribution in [3.8, 4) is 5.75 Å². The first-order valence-corrected chi connectivity index (χ1v) is 11.7. The number of aromatic nitrogens is 1. The molecule has 3 aromatic rings. The van der Waals surface area contributed by atoms with Crippen LogP contribution < -0.4 is 4.74 Å². The Morgan fingerprint density at radius 3 is 2.59 bits per heavy atom. The van der Waals surface area contributed by atoms with E-state index >= 15 is 0 Å². The van der Waals surface area contributed by atoms with Crippen molar-refractivity contribution in [2.24, 2.45) is 5.41 Å². The van der Waals surface area contributed by atoms with Gasteiger partial charge in [-0.1, -0.05) is 36.8 Å². The van der Waals surface area contributed by atoms with Gasteiger partial charge in [0, 0.05) is 35.1 Å². The number of esters is 1. The smallest absolute Gasteiger partial charge is 0.316 e. The molecule has 0 spiro atoms. The molecule has 0 bridgehead atoms. The lowest BCUT2D eigenvalue weighted by molar-refractivity contribution is -0.155. The Labute approximate surface area is 188 Å². The monoisotopic (exact) mass is 430 g/mol. The Hall–Kier alpha value is -2.79. The maximum Gasteiger partial charge on any atom is 0.316 e. The van der Waals surface area contributed by atoms with Gasteiger partial charge in [0.25, 0.3) is 0 Å². The quantitative estimate of drug-likeness (QED) is 0.559. The predicted octanol–water partition coefficient (Wildman–Crippen LogP) is 4.82. The Morgan fingerprint density at radius 2 is 1.84 bits per heavy atom. The highest BCUT2D eigenvalue weighted by atomic mass is 16.5. The maximum atomic E-state index is 13.8. The van der Waals surface area contributed by atoms with Crippen LogP contribution in [-0.4, -0.2) is 42.2 Å². The molecule has 5 heteroatoms. The lowest BCUT2D eigenvalue weighted by atomic mass is 9.68. The molecule has 0 saturated carbocycles. The maximum absolute atomic E-state index is 13.8. The molecule has 4 atom stereocenters. The molecule has 6 rings (SSSR count). The van der Waals surface area contributed by atoms with Crippen molar-refractivity contribution in [2.75, 3.05) is 20.8 Å². The van der Waals surface area contributed by atoms with Gasteiger partial charge in [0.15, 0.2) is 0 Å². The summed E-state index contributed by atoms with van der Waals surface area (Å²) in [7, 11) is 3.24. The van der Waals surface area contributed by atoms with E-state index < -0.39 is 5.41 Å². The largest absolute Gasteiger partial charge is 0.497 e. The molecule has 2 fully saturated rings. The number of methoxy groups -OCH3 is 2. The fourth-order valence-electron chi connectivity index (χ4n) is 7.16. The molecule has 5 nitrogen and oxygen atoms in total. The highest BCUT2D eigenvalue weighted by Gasteiger charge is 2.68. The molecule has 166 valence electrons. The number of hydrogen-bond donors (Lipinski definition) is 0. The standard InChI is InChI=1S/C27H30N2O3/c1-17-20-8-4-5-9-21(20)29-16-27(26(30)32-3)23(18-11-13-19(31-2)14-12-18)22-10-6-7-15-28(22)25(27)24(17)29/h4-5,8-9,11-14,22-23,25H,6-7,10,15-16H2,1-3H3/t22-,23-,25-,27+/m1/s1. The van der Waals surface area contributed by atoms with Crippen molar-refractivity contribution < 1.29 is 14.3 Å². The predicted molar refractivity (Wildman–Crippen MR) is 124 cm³/mol. The van der Waals surface area contributed by atoms with E-state index in [0.29, 0.717) is 12.6 Å². The number of nitrogens with zero attached hydrogens (tertiary/aromatic N) is 2. The van der Waals surface area contributed by atoms with E-state index in [4.69, 9.17) is 9.47 Å². The number of rotatable bonds is 3. The van der Waals surface area contributed by atoms with Gasteiger partial charge in [-0.25, -0.2) is 0 Å². The van der Waals surface area contributed by atoms with Gasteiger partial charge in [-0.05, 0) is 55.6 Å². The molecule has 2 aromatic carbocycles. The number of fused-ring (bicyclic) bond motifs is 7. The second-order valence-electron chi connectivity index (χ2n) is 9.60. The zero-order valence-corrected chi connectivity index (χ0v) is 19.0. The highest BCUT2D eigenvalue weighted by Crippen LogP contribution is 2.65. The van der Waals surface area contributed by atoms with E-state index in [2.05, 4.69) is 52.8 Å². The van der Waals surface area contributed by atoms with Gasteiger partial charge < -0.3 is 14.0 Å². The van der Waals surface area contributed by atoms with E-state index in [9.17, 15) is 4.79 Å². The second kappa shape index (κ2) is 7.11. The van der Waals surface area contributed by atoms with Gasteiger partial charge in [-0.2, -0.15) is 0 Å². The molecule has 0 aliphatic carbocycles. The Kier molecular flexibility index (Phi) is 4.41. The summed E-state index contributed by atoms with van der Waals surface area (Å²) in [6.45, 7) is 3.92. The van der Waals surface area contributed by atoms with Gasteiger partial charge in [-0.15, -0.1) is 0 Å². The van der Waals surface area contributed by atoms with E-state index in [1.165, 1.54) is 40.6 Å². The molecule has 32 heavy (non-hydrogen) atoms. The zero-order valence-electron chi connectivity index (χ0n) is 19.0. The molecule has 1 aromatic heterocycles. The van der Waals surface area contributed by atoms with Crippen molar-refractivity contribution >= 4 is 16.9 Å². The first kappa shape index (κ1) is 19.9. The summed E-state index contributed by atoms with van der Waals surface area (Å²) < 4.78 is 13.4. The van der Waals surface area contributed by atoms with E-state index in [0.717, 1.165) is 18.7 Å². The number of aryl methyl sites for hydroxylation is 1. The first-order valence-electron chi connectivity index (χ1n) is 11.7. The first-order chi connectivity index (χ1) is 15.6. The number of ether oxygens (including phenoxy) is 2. The fraction of sp³-hybridized carbons (Fsp3) is 0.444. The van der Waals surface area contributed by atoms with Gasteiger partial charge >= 0.3 is 5.97 Å². The van der Waals surface area contributed by atoms with Crippen molar-refractivity contribution in [1.29, 1.82) is 0 Å². The van der Waals surface area contributed by atoms with Crippen LogP contribution in [0.3, 0.4) is 0 Å². The summed E-state index contributed by atoms with van der Waals surface area (Å²) >= 11 is 0. The minimum Gasteiger partial charge on any atom is -0.497 e. The average Bonchev–Trinajstić information content (AvgIpc) is 3.43. The normalized spacial score (nSPS) is 28.9. The van der Waals surface area contributed by atoms with Gasteiger partial charge in [0.1, 0.15) is 11.2 Å². The van der Waals surface area contributed by atoms with Crippen LogP contribution in [0.25, 0.3) is 10.9 Å². The molecule has 3 aliphatic heterocycles. The van der Waals surface area contributed by atoms with Crippen LogP contribution in [0.4, 0.5) is 0 Å². The van der Waals surface area contributed by atoms with Crippen molar-refractivity contribution in [1.82, 2.24) is 9.47 Å². The van der Waals surface area contributed by atoms with Crippen LogP contribution in [0.15, 0.2) is 48.5 Å². The molecule has 2 saturated heterocycles. The summed E-state index contributed by atoms with van der Waals surface area (Å²) in [6.07, 6.45) is 3.50. The van der Waals surface area contributed by atoms with E-state index in [1.807, 2.05) is 12.1 Å². The average molecular weight is 431 g/mol.